The van der Waals surface area contributed by atoms with Gasteiger partial charge in [-0.05, 0) is 29.6 Å². The van der Waals surface area contributed by atoms with Gasteiger partial charge in [0.2, 0.25) is 5.95 Å². The minimum absolute atomic E-state index is 0.184. The van der Waals surface area contributed by atoms with Crippen LogP contribution in [0.1, 0.15) is 26.6 Å². The number of ether oxygens (including phenoxy) is 2. The van der Waals surface area contributed by atoms with E-state index in [4.69, 9.17) is 9.47 Å². The Labute approximate surface area is 206 Å². The number of hydrogen-bond donors (Lipinski definition) is 0. The highest BCUT2D eigenvalue weighted by atomic mass is 32.1. The van der Waals surface area contributed by atoms with E-state index < -0.39 is 5.97 Å². The number of esters is 1. The first-order valence-corrected chi connectivity index (χ1v) is 12.2. The van der Waals surface area contributed by atoms with Crippen LogP contribution in [0.25, 0.3) is 5.95 Å². The van der Waals surface area contributed by atoms with E-state index in [1.807, 2.05) is 40.4 Å². The number of pyridine rings is 1. The molecule has 5 heterocycles. The highest BCUT2D eigenvalue weighted by molar-refractivity contribution is 7.09. The number of methoxy groups -OCH3 is 1. The zero-order valence-corrected chi connectivity index (χ0v) is 20.1. The van der Waals surface area contributed by atoms with Crippen molar-refractivity contribution >= 4 is 17.3 Å². The molecule has 0 bridgehead atoms. The quantitative estimate of drug-likeness (QED) is 0.367. The summed E-state index contributed by atoms with van der Waals surface area (Å²) >= 11 is 1.56. The molecule has 9 nitrogen and oxygen atoms in total. The minimum atomic E-state index is -0.501. The largest absolute Gasteiger partial charge is 0.487 e. The molecule has 35 heavy (non-hydrogen) atoms. The Morgan fingerprint density at radius 3 is 2.74 bits per heavy atom. The van der Waals surface area contributed by atoms with Gasteiger partial charge < -0.3 is 14.0 Å². The van der Waals surface area contributed by atoms with Gasteiger partial charge in [-0.25, -0.2) is 14.8 Å². The zero-order chi connectivity index (χ0) is 24.2. The van der Waals surface area contributed by atoms with E-state index in [0.29, 0.717) is 49.8 Å². The second-order valence-corrected chi connectivity index (χ2v) is 9.16. The number of hydrogen-bond acceptors (Lipinski definition) is 8. The summed E-state index contributed by atoms with van der Waals surface area (Å²) in [5, 5.41) is 1.96. The van der Waals surface area contributed by atoms with Gasteiger partial charge in [-0.3, -0.25) is 14.3 Å². The molecule has 10 heteroatoms. The first-order chi connectivity index (χ1) is 17.1. The molecule has 0 saturated heterocycles. The number of nitrogens with zero attached hydrogens (tertiary/aromatic N) is 5. The van der Waals surface area contributed by atoms with Gasteiger partial charge in [0.1, 0.15) is 17.9 Å². The molecule has 1 aliphatic heterocycles. The maximum atomic E-state index is 13.0. The summed E-state index contributed by atoms with van der Waals surface area (Å²) in [5.74, 6) is 0.380. The molecule has 4 aromatic rings. The molecule has 0 aliphatic carbocycles. The smallest absolute Gasteiger partial charge is 0.343 e. The Morgan fingerprint density at radius 1 is 1.11 bits per heavy atom. The molecule has 180 valence electrons. The normalized spacial score (nSPS) is 13.7. The van der Waals surface area contributed by atoms with Crippen molar-refractivity contribution in [3.63, 3.8) is 0 Å². The standard InChI is InChI=1S/C25H25N5O4S/c1-33-24(32)23-20-7-11-28(16-18-5-2-10-29(18)25-26-8-4-9-27-25)12-13-30(20)22(31)15-21(23)34-17-19-6-3-14-35-19/h2-6,8-10,14-15H,7,11-13,16-17H2,1H3. The molecule has 0 aromatic carbocycles. The Bertz CT molecular complexity index is 1360. The molecule has 4 aromatic heterocycles. The summed E-state index contributed by atoms with van der Waals surface area (Å²) < 4.78 is 14.6. The van der Waals surface area contributed by atoms with Gasteiger partial charge in [0.05, 0.1) is 7.11 Å². The van der Waals surface area contributed by atoms with Gasteiger partial charge >= 0.3 is 5.97 Å². The van der Waals surface area contributed by atoms with E-state index in [0.717, 1.165) is 10.6 Å². The number of aromatic nitrogens is 4. The second-order valence-electron chi connectivity index (χ2n) is 8.12. The summed E-state index contributed by atoms with van der Waals surface area (Å²) in [5.41, 5.74) is 1.83. The van der Waals surface area contributed by atoms with Crippen LogP contribution >= 0.6 is 11.3 Å². The summed E-state index contributed by atoms with van der Waals surface area (Å²) in [4.78, 5) is 37.8. The minimum Gasteiger partial charge on any atom is -0.487 e. The lowest BCUT2D eigenvalue weighted by Crippen LogP contribution is -2.29. The van der Waals surface area contributed by atoms with Crippen molar-refractivity contribution in [2.75, 3.05) is 20.2 Å². The molecule has 0 atom stereocenters. The second kappa shape index (κ2) is 10.2. The number of fused-ring (bicyclic) bond motifs is 1. The van der Waals surface area contributed by atoms with Crippen LogP contribution in [0.3, 0.4) is 0 Å². The fourth-order valence-corrected chi connectivity index (χ4v) is 4.93. The fraction of sp³-hybridized carbons (Fsp3) is 0.280. The van der Waals surface area contributed by atoms with Crippen LogP contribution in [0.2, 0.25) is 0 Å². The van der Waals surface area contributed by atoms with Gasteiger partial charge in [-0.1, -0.05) is 6.07 Å². The molecule has 0 amide bonds. The topological polar surface area (TPSA) is 91.5 Å². The molecule has 0 saturated carbocycles. The lowest BCUT2D eigenvalue weighted by Gasteiger charge is -2.20. The maximum Gasteiger partial charge on any atom is 0.343 e. The van der Waals surface area contributed by atoms with E-state index in [2.05, 4.69) is 14.9 Å². The van der Waals surface area contributed by atoms with Crippen LogP contribution in [0.5, 0.6) is 5.75 Å². The van der Waals surface area contributed by atoms with Gasteiger partial charge in [-0.2, -0.15) is 0 Å². The molecule has 1 aliphatic rings. The Morgan fingerprint density at radius 2 is 1.97 bits per heavy atom. The SMILES string of the molecule is COC(=O)c1c(OCc2cccs2)cc(=O)n2c1CCN(Cc1cccn1-c1ncccn1)CC2. The molecule has 5 rings (SSSR count). The van der Waals surface area contributed by atoms with Crippen LogP contribution in [0, 0.1) is 0 Å². The van der Waals surface area contributed by atoms with Gasteiger partial charge in [0.25, 0.3) is 5.56 Å². The predicted octanol–water partition coefficient (Wildman–Crippen LogP) is 2.91. The third-order valence-electron chi connectivity index (χ3n) is 6.01. The lowest BCUT2D eigenvalue weighted by atomic mass is 10.1. The fourth-order valence-electron chi connectivity index (χ4n) is 4.32. The molecule has 0 fully saturated rings. The Hall–Kier alpha value is -3.76. The van der Waals surface area contributed by atoms with E-state index in [-0.39, 0.29) is 17.9 Å². The lowest BCUT2D eigenvalue weighted by molar-refractivity contribution is 0.0592. The van der Waals surface area contributed by atoms with Gasteiger partial charge in [-0.15, -0.1) is 11.3 Å². The molecule has 0 spiro atoms. The van der Waals surface area contributed by atoms with Gasteiger partial charge in [0.15, 0.2) is 0 Å². The van der Waals surface area contributed by atoms with Crippen LogP contribution < -0.4 is 10.3 Å². The summed E-state index contributed by atoms with van der Waals surface area (Å²) in [7, 11) is 1.34. The number of carbonyl (C=O) groups is 1. The zero-order valence-electron chi connectivity index (χ0n) is 19.3. The number of thiophene rings is 1. The van der Waals surface area contributed by atoms with Crippen LogP contribution in [-0.4, -0.2) is 50.2 Å². The molecule has 0 unspecified atom stereocenters. The van der Waals surface area contributed by atoms with E-state index >= 15 is 0 Å². The first-order valence-electron chi connectivity index (χ1n) is 11.3. The van der Waals surface area contributed by atoms with Crippen molar-refractivity contribution in [2.45, 2.75) is 26.1 Å². The van der Waals surface area contributed by atoms with Crippen molar-refractivity contribution < 1.29 is 14.3 Å². The average Bonchev–Trinajstić information content (AvgIpc) is 3.52. The molecule has 0 radical (unpaired) electrons. The van der Waals surface area contributed by atoms with Crippen molar-refractivity contribution in [1.29, 1.82) is 0 Å². The van der Waals surface area contributed by atoms with Crippen LogP contribution in [0.15, 0.2) is 65.2 Å². The summed E-state index contributed by atoms with van der Waals surface area (Å²) in [6.07, 6.45) is 5.88. The van der Waals surface area contributed by atoms with E-state index in [1.54, 1.807) is 34.4 Å². The molecule has 0 N–H and O–H groups in total. The monoisotopic (exact) mass is 491 g/mol. The highest BCUT2D eigenvalue weighted by Crippen LogP contribution is 2.26. The van der Waals surface area contributed by atoms with Gasteiger partial charge in [0, 0.05) is 73.5 Å². The predicted molar refractivity (Wildman–Crippen MR) is 131 cm³/mol. The summed E-state index contributed by atoms with van der Waals surface area (Å²) in [6, 6.07) is 11.1. The van der Waals surface area contributed by atoms with E-state index in [1.165, 1.54) is 13.2 Å². The number of carbonyl (C=O) groups excluding carboxylic acids is 1. The molecular formula is C25H25N5O4S. The van der Waals surface area contributed by atoms with Crippen LogP contribution in [0.4, 0.5) is 0 Å². The Balaban J connectivity index is 1.40. The molecular weight excluding hydrogens is 466 g/mol. The summed E-state index contributed by atoms with van der Waals surface area (Å²) in [6.45, 7) is 2.73. The van der Waals surface area contributed by atoms with Crippen molar-refractivity contribution in [2.24, 2.45) is 0 Å². The average molecular weight is 492 g/mol. The van der Waals surface area contributed by atoms with Crippen molar-refractivity contribution in [3.05, 3.63) is 92.6 Å². The van der Waals surface area contributed by atoms with Crippen molar-refractivity contribution in [3.8, 4) is 11.7 Å². The third-order valence-corrected chi connectivity index (χ3v) is 6.86. The third kappa shape index (κ3) is 4.89. The first kappa shape index (κ1) is 23.0. The van der Waals surface area contributed by atoms with Crippen molar-refractivity contribution in [1.82, 2.24) is 24.0 Å². The van der Waals surface area contributed by atoms with Crippen LogP contribution in [-0.2, 0) is 30.9 Å². The maximum absolute atomic E-state index is 13.0. The number of rotatable bonds is 7. The van der Waals surface area contributed by atoms with E-state index in [9.17, 15) is 9.59 Å². The highest BCUT2D eigenvalue weighted by Gasteiger charge is 2.26. The Kier molecular flexibility index (Phi) is 6.73.